The van der Waals surface area contributed by atoms with Crippen LogP contribution in [0.3, 0.4) is 0 Å². The second-order valence-electron chi connectivity index (χ2n) is 11.7. The van der Waals surface area contributed by atoms with E-state index in [0.29, 0.717) is 28.9 Å². The minimum absolute atomic E-state index is 0.0390. The van der Waals surface area contributed by atoms with Crippen molar-refractivity contribution >= 4 is 28.6 Å². The molecule has 2 fully saturated rings. The van der Waals surface area contributed by atoms with Crippen LogP contribution in [0.4, 0.5) is 11.8 Å². The molecule has 0 amide bonds. The zero-order valence-electron chi connectivity index (χ0n) is 24.3. The number of aryl methyl sites for hydroxylation is 1. The number of carbonyl (C=O) groups excluding carboxylic acids is 1. The average Bonchev–Trinajstić information content (AvgIpc) is 3.53. The number of hydrogen-bond acceptors (Lipinski definition) is 8. The maximum Gasteiger partial charge on any atom is 0.263 e. The number of pyridine rings is 2. The van der Waals surface area contributed by atoms with E-state index < -0.39 is 0 Å². The lowest BCUT2D eigenvalue weighted by Gasteiger charge is -2.32. The number of rotatable bonds is 8. The summed E-state index contributed by atoms with van der Waals surface area (Å²) in [5.74, 6) is 1.27. The maximum atomic E-state index is 13.5. The Hall–Kier alpha value is -3.95. The molecule has 0 unspecified atom stereocenters. The number of hydrogen-bond donors (Lipinski definition) is 2. The quantitative estimate of drug-likeness (QED) is 0.272. The minimum Gasteiger partial charge on any atom is -0.392 e. The number of fused-ring (bicyclic) bond motifs is 1. The van der Waals surface area contributed by atoms with E-state index in [1.807, 2.05) is 24.4 Å². The van der Waals surface area contributed by atoms with Crippen molar-refractivity contribution in [1.82, 2.24) is 24.4 Å². The zero-order valence-corrected chi connectivity index (χ0v) is 24.3. The van der Waals surface area contributed by atoms with Crippen molar-refractivity contribution in [2.75, 3.05) is 18.4 Å². The maximum absolute atomic E-state index is 13.5. The lowest BCUT2D eigenvalue weighted by atomic mass is 9.90. The van der Waals surface area contributed by atoms with Crippen LogP contribution in [0.2, 0.25) is 0 Å². The Morgan fingerprint density at radius 1 is 0.976 bits per heavy atom. The van der Waals surface area contributed by atoms with E-state index in [4.69, 9.17) is 4.98 Å². The number of likely N-dealkylation sites (tertiary alicyclic amines) is 1. The summed E-state index contributed by atoms with van der Waals surface area (Å²) in [7, 11) is 0. The monoisotopic (exact) mass is 566 g/mol. The summed E-state index contributed by atoms with van der Waals surface area (Å²) in [5, 5.41) is 13.2. The number of ketones is 1. The number of nitrogens with zero attached hydrogens (tertiary/aromatic N) is 5. The molecule has 6 rings (SSSR count). The van der Waals surface area contributed by atoms with Crippen LogP contribution in [0, 0.1) is 6.92 Å². The number of aromatic nitrogens is 4. The lowest BCUT2D eigenvalue weighted by Crippen LogP contribution is -2.32. The first-order valence-corrected chi connectivity index (χ1v) is 15.0. The number of aliphatic hydroxyl groups excluding tert-OH is 1. The van der Waals surface area contributed by atoms with Crippen LogP contribution in [-0.2, 0) is 13.2 Å². The molecule has 218 valence electrons. The molecule has 42 heavy (non-hydrogen) atoms. The number of carbonyl (C=O) groups is 1. The van der Waals surface area contributed by atoms with E-state index in [2.05, 4.69) is 38.4 Å². The van der Waals surface area contributed by atoms with Gasteiger partial charge in [0, 0.05) is 30.4 Å². The Bertz CT molecular complexity index is 1630. The first-order chi connectivity index (χ1) is 20.4. The van der Waals surface area contributed by atoms with Gasteiger partial charge >= 0.3 is 0 Å². The second kappa shape index (κ2) is 12.1. The summed E-state index contributed by atoms with van der Waals surface area (Å²) in [5.41, 5.74) is 4.63. The van der Waals surface area contributed by atoms with Gasteiger partial charge in [-0.2, -0.15) is 4.98 Å². The highest BCUT2D eigenvalue weighted by Gasteiger charge is 2.26. The molecule has 0 spiro atoms. The van der Waals surface area contributed by atoms with Crippen LogP contribution in [-0.4, -0.2) is 48.4 Å². The van der Waals surface area contributed by atoms with Crippen molar-refractivity contribution in [3.8, 4) is 0 Å². The first-order valence-electron chi connectivity index (χ1n) is 15.0. The molecule has 0 radical (unpaired) electrons. The molecule has 3 aromatic heterocycles. The van der Waals surface area contributed by atoms with Crippen LogP contribution in [0.5, 0.6) is 0 Å². The van der Waals surface area contributed by atoms with Crippen molar-refractivity contribution in [1.29, 1.82) is 0 Å². The highest BCUT2D eigenvalue weighted by molar-refractivity contribution is 5.99. The largest absolute Gasteiger partial charge is 0.392 e. The zero-order chi connectivity index (χ0) is 29.2. The van der Waals surface area contributed by atoms with Gasteiger partial charge in [0.2, 0.25) is 5.95 Å². The number of benzene rings is 1. The van der Waals surface area contributed by atoms with E-state index >= 15 is 0 Å². The summed E-state index contributed by atoms with van der Waals surface area (Å²) in [6, 6.07) is 12.3. The fourth-order valence-electron chi connectivity index (χ4n) is 6.58. The second-order valence-corrected chi connectivity index (χ2v) is 11.7. The molecular formula is C33H38N6O3. The van der Waals surface area contributed by atoms with Gasteiger partial charge < -0.3 is 10.4 Å². The fraction of sp³-hybridized carbons (Fsp3) is 0.424. The molecule has 2 aliphatic rings. The summed E-state index contributed by atoms with van der Waals surface area (Å²) in [4.78, 5) is 42.3. The van der Waals surface area contributed by atoms with Crippen molar-refractivity contribution in [3.05, 3.63) is 87.0 Å². The van der Waals surface area contributed by atoms with Crippen molar-refractivity contribution < 1.29 is 9.90 Å². The van der Waals surface area contributed by atoms with Crippen molar-refractivity contribution in [3.63, 3.8) is 0 Å². The lowest BCUT2D eigenvalue weighted by molar-refractivity contribution is 0.101. The molecule has 4 heterocycles. The summed E-state index contributed by atoms with van der Waals surface area (Å²) in [6.07, 6.45) is 9.74. The molecule has 1 saturated carbocycles. The highest BCUT2D eigenvalue weighted by Crippen LogP contribution is 2.32. The smallest absolute Gasteiger partial charge is 0.263 e. The average molecular weight is 567 g/mol. The molecule has 0 atom stereocenters. The van der Waals surface area contributed by atoms with Crippen LogP contribution in [0.1, 0.15) is 90.0 Å². The molecule has 4 aromatic rings. The normalized spacial score (nSPS) is 16.7. The fourth-order valence-corrected chi connectivity index (χ4v) is 6.58. The van der Waals surface area contributed by atoms with Crippen LogP contribution >= 0.6 is 0 Å². The highest BCUT2D eigenvalue weighted by atomic mass is 16.3. The van der Waals surface area contributed by atoms with E-state index in [1.165, 1.54) is 18.1 Å². The van der Waals surface area contributed by atoms with E-state index in [9.17, 15) is 14.7 Å². The Labute approximate surface area is 245 Å². The van der Waals surface area contributed by atoms with Crippen LogP contribution in [0.25, 0.3) is 11.0 Å². The van der Waals surface area contributed by atoms with Crippen LogP contribution < -0.4 is 10.9 Å². The van der Waals surface area contributed by atoms with Gasteiger partial charge in [0.15, 0.2) is 5.78 Å². The molecule has 9 heteroatoms. The van der Waals surface area contributed by atoms with Crippen molar-refractivity contribution in [2.45, 2.75) is 77.5 Å². The molecule has 9 nitrogen and oxygen atoms in total. The predicted molar refractivity (Wildman–Crippen MR) is 163 cm³/mol. The van der Waals surface area contributed by atoms with E-state index in [0.717, 1.165) is 69.1 Å². The molecule has 1 saturated heterocycles. The van der Waals surface area contributed by atoms with Gasteiger partial charge in [-0.25, -0.2) is 9.97 Å². The molecule has 1 aliphatic carbocycles. The molecular weight excluding hydrogens is 528 g/mol. The molecule has 1 aromatic carbocycles. The third-order valence-electron chi connectivity index (χ3n) is 8.95. The van der Waals surface area contributed by atoms with Gasteiger partial charge in [0.05, 0.1) is 12.2 Å². The Morgan fingerprint density at radius 2 is 1.69 bits per heavy atom. The number of piperidine rings is 1. The van der Waals surface area contributed by atoms with Gasteiger partial charge in [-0.15, -0.1) is 0 Å². The predicted octanol–water partition coefficient (Wildman–Crippen LogP) is 5.43. The van der Waals surface area contributed by atoms with E-state index in [-0.39, 0.29) is 29.6 Å². The van der Waals surface area contributed by atoms with Gasteiger partial charge in [0.1, 0.15) is 11.5 Å². The van der Waals surface area contributed by atoms with Crippen LogP contribution in [0.15, 0.2) is 53.6 Å². The molecule has 1 aliphatic heterocycles. The summed E-state index contributed by atoms with van der Waals surface area (Å²) < 4.78 is 1.73. The topological polar surface area (TPSA) is 113 Å². The van der Waals surface area contributed by atoms with Crippen molar-refractivity contribution in [2.24, 2.45) is 0 Å². The summed E-state index contributed by atoms with van der Waals surface area (Å²) >= 11 is 0. The SMILES string of the molecule is CC(=O)c1c(C)c2cnc(Nc3ccc(C4CCN(Cc5ccc(CO)cc5)CC4)cn3)nc2n(C2CCCC2)c1=O. The Balaban J connectivity index is 1.15. The summed E-state index contributed by atoms with van der Waals surface area (Å²) in [6.45, 7) is 6.32. The van der Waals surface area contributed by atoms with Gasteiger partial charge in [-0.1, -0.05) is 43.2 Å². The Morgan fingerprint density at radius 3 is 2.33 bits per heavy atom. The minimum atomic E-state index is -0.253. The van der Waals surface area contributed by atoms with Gasteiger partial charge in [-0.05, 0) is 86.9 Å². The number of anilines is 2. The van der Waals surface area contributed by atoms with Gasteiger partial charge in [0.25, 0.3) is 5.56 Å². The van der Waals surface area contributed by atoms with E-state index in [1.54, 1.807) is 17.7 Å². The third-order valence-corrected chi connectivity index (χ3v) is 8.95. The number of Topliss-reactive ketones (excluding diaryl/α,β-unsaturated/α-hetero) is 1. The Kier molecular flexibility index (Phi) is 8.13. The number of aliphatic hydroxyl groups is 1. The third kappa shape index (κ3) is 5.71. The standard InChI is InChI=1S/C33H38N6O3/c1-21-28-18-35-33(37-31(28)39(27-5-3-4-6-27)32(42)30(21)22(2)41)36-29-12-11-26(17-34-29)25-13-15-38(16-14-25)19-23-7-9-24(20-40)10-8-23/h7-12,17-18,25,27,40H,3-6,13-16,19-20H2,1-2H3,(H,34,35,36,37). The number of nitrogens with one attached hydrogen (secondary N) is 1. The molecule has 0 bridgehead atoms. The first kappa shape index (κ1) is 28.2. The van der Waals surface area contributed by atoms with Gasteiger partial charge in [-0.3, -0.25) is 19.1 Å². The molecule has 2 N–H and O–H groups in total.